The van der Waals surface area contributed by atoms with E-state index in [0.717, 1.165) is 12.3 Å². The molecule has 0 aliphatic carbocycles. The molecule has 2 rings (SSSR count). The molecule has 1 aromatic carbocycles. The molecule has 70 valence electrons. The fourth-order valence-corrected chi connectivity index (χ4v) is 1.69. The zero-order chi connectivity index (χ0) is 9.42. The largest absolute Gasteiger partial charge is 0.496 e. The maximum Gasteiger partial charge on any atom is 0.122 e. The summed E-state index contributed by atoms with van der Waals surface area (Å²) in [6.07, 6.45) is 0. The van der Waals surface area contributed by atoms with Crippen LogP contribution in [0.2, 0.25) is 0 Å². The van der Waals surface area contributed by atoms with Crippen LogP contribution < -0.4 is 10.1 Å². The van der Waals surface area contributed by atoms with Crippen molar-refractivity contribution in [1.29, 1.82) is 0 Å². The minimum absolute atomic E-state index is 0.588. The van der Waals surface area contributed by atoms with Gasteiger partial charge in [-0.05, 0) is 36.6 Å². The predicted octanol–water partition coefficient (Wildman–Crippen LogP) is 1.96. The summed E-state index contributed by atoms with van der Waals surface area (Å²) in [5.41, 5.74) is 3.95. The van der Waals surface area contributed by atoms with Gasteiger partial charge < -0.3 is 10.1 Å². The van der Waals surface area contributed by atoms with Crippen LogP contribution in [-0.4, -0.2) is 13.7 Å². The van der Waals surface area contributed by atoms with Crippen molar-refractivity contribution in [2.75, 3.05) is 13.7 Å². The van der Waals surface area contributed by atoms with Crippen molar-refractivity contribution in [3.05, 3.63) is 28.8 Å². The molecule has 2 heteroatoms. The SMILES string of the molecule is COc1cc(C)c(C2CN2)cc1C. The van der Waals surface area contributed by atoms with Gasteiger partial charge in [0.05, 0.1) is 7.11 Å². The molecule has 1 heterocycles. The normalized spacial score (nSPS) is 20.1. The van der Waals surface area contributed by atoms with Crippen LogP contribution in [-0.2, 0) is 0 Å². The predicted molar refractivity (Wildman–Crippen MR) is 53.2 cm³/mol. The molecule has 0 saturated carbocycles. The molecule has 1 aliphatic heterocycles. The van der Waals surface area contributed by atoms with Crippen LogP contribution in [0.5, 0.6) is 5.75 Å². The number of ether oxygens (including phenoxy) is 1. The summed E-state index contributed by atoms with van der Waals surface area (Å²) < 4.78 is 5.26. The first-order chi connectivity index (χ1) is 6.22. The summed E-state index contributed by atoms with van der Waals surface area (Å²) in [5, 5.41) is 3.32. The number of methoxy groups -OCH3 is 1. The number of benzene rings is 1. The van der Waals surface area contributed by atoms with Gasteiger partial charge in [-0.1, -0.05) is 6.07 Å². The van der Waals surface area contributed by atoms with Gasteiger partial charge in [0.1, 0.15) is 5.75 Å². The third-order valence-electron chi connectivity index (χ3n) is 2.57. The van der Waals surface area contributed by atoms with Gasteiger partial charge in [-0.15, -0.1) is 0 Å². The third-order valence-corrected chi connectivity index (χ3v) is 2.57. The van der Waals surface area contributed by atoms with E-state index >= 15 is 0 Å². The fourth-order valence-electron chi connectivity index (χ4n) is 1.69. The molecule has 1 fully saturated rings. The highest BCUT2D eigenvalue weighted by Crippen LogP contribution is 2.30. The van der Waals surface area contributed by atoms with Crippen LogP contribution in [0.3, 0.4) is 0 Å². The maximum atomic E-state index is 5.26. The van der Waals surface area contributed by atoms with E-state index < -0.39 is 0 Å². The van der Waals surface area contributed by atoms with E-state index in [1.165, 1.54) is 16.7 Å². The summed E-state index contributed by atoms with van der Waals surface area (Å²) in [7, 11) is 1.72. The van der Waals surface area contributed by atoms with E-state index in [-0.39, 0.29) is 0 Å². The van der Waals surface area contributed by atoms with Crippen molar-refractivity contribution in [3.8, 4) is 5.75 Å². The van der Waals surface area contributed by atoms with E-state index in [0.29, 0.717) is 6.04 Å². The summed E-state index contributed by atoms with van der Waals surface area (Å²) in [5.74, 6) is 0.988. The van der Waals surface area contributed by atoms with Gasteiger partial charge in [0, 0.05) is 12.6 Å². The van der Waals surface area contributed by atoms with Gasteiger partial charge in [-0.2, -0.15) is 0 Å². The molecule has 13 heavy (non-hydrogen) atoms. The molecular formula is C11H15NO. The van der Waals surface area contributed by atoms with Gasteiger partial charge in [-0.3, -0.25) is 0 Å². The van der Waals surface area contributed by atoms with Crippen LogP contribution in [0.25, 0.3) is 0 Å². The maximum absolute atomic E-state index is 5.26. The summed E-state index contributed by atoms with van der Waals surface area (Å²) in [6, 6.07) is 4.92. The molecule has 1 atom stereocenters. The Bertz CT molecular complexity index is 329. The van der Waals surface area contributed by atoms with Gasteiger partial charge in [0.25, 0.3) is 0 Å². The second-order valence-corrected chi connectivity index (χ2v) is 3.64. The molecule has 0 amide bonds. The highest BCUT2D eigenvalue weighted by molar-refractivity contribution is 5.44. The fraction of sp³-hybridized carbons (Fsp3) is 0.455. The zero-order valence-corrected chi connectivity index (χ0v) is 8.35. The monoisotopic (exact) mass is 177 g/mol. The Morgan fingerprint density at radius 3 is 2.54 bits per heavy atom. The Morgan fingerprint density at radius 1 is 1.31 bits per heavy atom. The molecule has 1 aliphatic rings. The molecular weight excluding hydrogens is 162 g/mol. The number of rotatable bonds is 2. The van der Waals surface area contributed by atoms with Crippen LogP contribution >= 0.6 is 0 Å². The van der Waals surface area contributed by atoms with Crippen LogP contribution in [0.15, 0.2) is 12.1 Å². The van der Waals surface area contributed by atoms with Gasteiger partial charge in [-0.25, -0.2) is 0 Å². The van der Waals surface area contributed by atoms with Crippen LogP contribution in [0.1, 0.15) is 22.7 Å². The first-order valence-electron chi connectivity index (χ1n) is 4.61. The average molecular weight is 177 g/mol. The smallest absolute Gasteiger partial charge is 0.122 e. The lowest BCUT2D eigenvalue weighted by Crippen LogP contribution is -1.94. The van der Waals surface area contributed by atoms with E-state index in [2.05, 4.69) is 31.3 Å². The van der Waals surface area contributed by atoms with Crippen molar-refractivity contribution in [2.24, 2.45) is 0 Å². The standard InChI is InChI=1S/C11H15NO/c1-7-5-11(13-3)8(2)4-9(7)10-6-12-10/h4-5,10,12H,6H2,1-3H3. The summed E-state index contributed by atoms with van der Waals surface area (Å²) in [6.45, 7) is 5.34. The molecule has 0 radical (unpaired) electrons. The van der Waals surface area contributed by atoms with Crippen LogP contribution in [0, 0.1) is 13.8 Å². The Morgan fingerprint density at radius 2 is 2.00 bits per heavy atom. The number of aryl methyl sites for hydroxylation is 2. The van der Waals surface area contributed by atoms with E-state index in [1.54, 1.807) is 7.11 Å². The highest BCUT2D eigenvalue weighted by atomic mass is 16.5. The van der Waals surface area contributed by atoms with Gasteiger partial charge in [0.2, 0.25) is 0 Å². The second kappa shape index (κ2) is 3.04. The zero-order valence-electron chi connectivity index (χ0n) is 8.35. The Hall–Kier alpha value is -1.02. The number of hydrogen-bond donors (Lipinski definition) is 1. The molecule has 1 N–H and O–H groups in total. The van der Waals surface area contributed by atoms with Crippen molar-refractivity contribution in [3.63, 3.8) is 0 Å². The Balaban J connectivity index is 2.42. The summed E-state index contributed by atoms with van der Waals surface area (Å²) >= 11 is 0. The van der Waals surface area contributed by atoms with Crippen molar-refractivity contribution < 1.29 is 4.74 Å². The molecule has 0 spiro atoms. The first-order valence-corrected chi connectivity index (χ1v) is 4.61. The highest BCUT2D eigenvalue weighted by Gasteiger charge is 2.24. The second-order valence-electron chi connectivity index (χ2n) is 3.64. The minimum atomic E-state index is 0.588. The van der Waals surface area contributed by atoms with Gasteiger partial charge >= 0.3 is 0 Å². The molecule has 1 saturated heterocycles. The molecule has 0 aromatic heterocycles. The van der Waals surface area contributed by atoms with Crippen molar-refractivity contribution >= 4 is 0 Å². The number of hydrogen-bond acceptors (Lipinski definition) is 2. The summed E-state index contributed by atoms with van der Waals surface area (Å²) in [4.78, 5) is 0. The quantitative estimate of drug-likeness (QED) is 0.700. The molecule has 1 aromatic rings. The minimum Gasteiger partial charge on any atom is -0.496 e. The lowest BCUT2D eigenvalue weighted by Gasteiger charge is -2.09. The van der Waals surface area contributed by atoms with Gasteiger partial charge in [0.15, 0.2) is 0 Å². The van der Waals surface area contributed by atoms with Crippen molar-refractivity contribution in [1.82, 2.24) is 5.32 Å². The molecule has 1 unspecified atom stereocenters. The Kier molecular flexibility index (Phi) is 2.00. The van der Waals surface area contributed by atoms with E-state index in [9.17, 15) is 0 Å². The van der Waals surface area contributed by atoms with Crippen LogP contribution in [0.4, 0.5) is 0 Å². The lowest BCUT2D eigenvalue weighted by molar-refractivity contribution is 0.411. The van der Waals surface area contributed by atoms with E-state index in [4.69, 9.17) is 4.74 Å². The molecule has 0 bridgehead atoms. The average Bonchev–Trinajstić information content (AvgIpc) is 2.91. The third kappa shape index (κ3) is 1.54. The molecule has 2 nitrogen and oxygen atoms in total. The number of nitrogens with one attached hydrogen (secondary N) is 1. The van der Waals surface area contributed by atoms with E-state index in [1.807, 2.05) is 0 Å². The topological polar surface area (TPSA) is 31.2 Å². The van der Waals surface area contributed by atoms with Crippen molar-refractivity contribution in [2.45, 2.75) is 19.9 Å². The first kappa shape index (κ1) is 8.57. The lowest BCUT2D eigenvalue weighted by atomic mass is 10.0. The Labute approximate surface area is 78.9 Å².